The zero-order valence-electron chi connectivity index (χ0n) is 28.1. The summed E-state index contributed by atoms with van der Waals surface area (Å²) in [6.45, 7) is 0. The van der Waals surface area contributed by atoms with Crippen molar-refractivity contribution < 1.29 is 9.47 Å². The molecule has 0 saturated heterocycles. The average molecular weight is 670 g/mol. The highest BCUT2D eigenvalue weighted by Gasteiger charge is 2.26. The minimum atomic E-state index is 0.779. The van der Waals surface area contributed by atoms with Crippen molar-refractivity contribution >= 4 is 38.9 Å². The maximum Gasteiger partial charge on any atom is 0.159 e. The topological polar surface area (TPSA) is 39.5 Å². The Morgan fingerprint density at radius 2 is 1.08 bits per heavy atom. The molecule has 9 aromatic rings. The minimum Gasteiger partial charge on any atom is -0.457 e. The number of fused-ring (bicyclic) bond motifs is 5. The van der Waals surface area contributed by atoms with Gasteiger partial charge in [0, 0.05) is 45.8 Å². The summed E-state index contributed by atoms with van der Waals surface area (Å²) in [5, 5.41) is 2.42. The Balaban J connectivity index is 1.04. The maximum absolute atomic E-state index is 6.74. The van der Waals surface area contributed by atoms with Gasteiger partial charge in [-0.15, -0.1) is 0 Å². The van der Waals surface area contributed by atoms with Crippen molar-refractivity contribution in [1.29, 1.82) is 0 Å². The highest BCUT2D eigenvalue weighted by atomic mass is 16.5. The molecule has 5 nitrogen and oxygen atoms in total. The third-order valence-electron chi connectivity index (χ3n) is 9.75. The molecule has 0 N–H and O–H groups in total. The fraction of sp³-hybridized carbons (Fsp3) is 0. The van der Waals surface area contributed by atoms with E-state index >= 15 is 0 Å². The van der Waals surface area contributed by atoms with Crippen molar-refractivity contribution in [3.8, 4) is 50.9 Å². The molecule has 0 radical (unpaired) electrons. The fourth-order valence-corrected chi connectivity index (χ4v) is 7.34. The lowest BCUT2D eigenvalue weighted by atomic mass is 10.0. The van der Waals surface area contributed by atoms with Crippen LogP contribution in [0.3, 0.4) is 0 Å². The molecule has 0 amide bonds. The molecule has 0 fully saturated rings. The Morgan fingerprint density at radius 1 is 0.481 bits per heavy atom. The second-order valence-electron chi connectivity index (χ2n) is 12.8. The molecule has 10 rings (SSSR count). The lowest BCUT2D eigenvalue weighted by molar-refractivity contribution is 0.478. The van der Waals surface area contributed by atoms with Gasteiger partial charge in [0.2, 0.25) is 0 Å². The van der Waals surface area contributed by atoms with E-state index < -0.39 is 0 Å². The number of nitrogens with zero attached hydrogens (tertiary/aromatic N) is 3. The van der Waals surface area contributed by atoms with Gasteiger partial charge in [-0.25, -0.2) is 0 Å². The van der Waals surface area contributed by atoms with Gasteiger partial charge in [-0.3, -0.25) is 4.98 Å². The minimum absolute atomic E-state index is 0.779. The molecular weight excluding hydrogens is 639 g/mol. The number of aromatic nitrogens is 2. The SMILES string of the molecule is c1ccc(Oc2ccc(N(c3ccc(-c4ccncc4)cc3)c3ccc(-c4cccc5c4Oc4cccc6c7ccccc7n-5c46)cc3)cc2)cc1. The van der Waals surface area contributed by atoms with Crippen LogP contribution in [-0.4, -0.2) is 9.55 Å². The van der Waals surface area contributed by atoms with E-state index in [0.29, 0.717) is 0 Å². The Labute approximate surface area is 301 Å². The van der Waals surface area contributed by atoms with Crippen LogP contribution < -0.4 is 14.4 Å². The van der Waals surface area contributed by atoms with E-state index in [2.05, 4.69) is 136 Å². The van der Waals surface area contributed by atoms with Crippen LogP contribution in [0.4, 0.5) is 17.1 Å². The number of para-hydroxylation sites is 4. The molecule has 5 heteroatoms. The second kappa shape index (κ2) is 12.3. The van der Waals surface area contributed by atoms with Gasteiger partial charge in [0.25, 0.3) is 0 Å². The van der Waals surface area contributed by atoms with Gasteiger partial charge < -0.3 is 18.9 Å². The normalized spacial score (nSPS) is 11.6. The third-order valence-corrected chi connectivity index (χ3v) is 9.75. The first-order valence-corrected chi connectivity index (χ1v) is 17.4. The first kappa shape index (κ1) is 29.8. The highest BCUT2D eigenvalue weighted by molar-refractivity contribution is 6.12. The van der Waals surface area contributed by atoms with E-state index in [1.165, 1.54) is 16.3 Å². The van der Waals surface area contributed by atoms with Gasteiger partial charge in [0.15, 0.2) is 11.5 Å². The summed E-state index contributed by atoms with van der Waals surface area (Å²) in [6, 6.07) is 60.8. The monoisotopic (exact) mass is 669 g/mol. The van der Waals surface area contributed by atoms with E-state index in [-0.39, 0.29) is 0 Å². The van der Waals surface area contributed by atoms with Gasteiger partial charge >= 0.3 is 0 Å². The molecule has 1 aliphatic rings. The summed E-state index contributed by atoms with van der Waals surface area (Å²) in [6.07, 6.45) is 3.65. The number of hydrogen-bond acceptors (Lipinski definition) is 4. The predicted octanol–water partition coefficient (Wildman–Crippen LogP) is 12.9. The van der Waals surface area contributed by atoms with Crippen LogP contribution in [0, 0.1) is 0 Å². The van der Waals surface area contributed by atoms with Crippen molar-refractivity contribution in [2.24, 2.45) is 0 Å². The lowest BCUT2D eigenvalue weighted by Gasteiger charge is -2.26. The molecule has 52 heavy (non-hydrogen) atoms. The largest absolute Gasteiger partial charge is 0.457 e. The molecule has 1 aliphatic heterocycles. The fourth-order valence-electron chi connectivity index (χ4n) is 7.34. The van der Waals surface area contributed by atoms with E-state index in [1.54, 1.807) is 0 Å². The number of ether oxygens (including phenoxy) is 2. The van der Waals surface area contributed by atoms with Crippen molar-refractivity contribution in [3.05, 3.63) is 188 Å². The van der Waals surface area contributed by atoms with Crippen LogP contribution >= 0.6 is 0 Å². The van der Waals surface area contributed by atoms with E-state index in [0.717, 1.165) is 73.5 Å². The Kier molecular flexibility index (Phi) is 7.07. The summed E-state index contributed by atoms with van der Waals surface area (Å²) in [4.78, 5) is 6.45. The Morgan fingerprint density at radius 3 is 1.83 bits per heavy atom. The van der Waals surface area contributed by atoms with Gasteiger partial charge in [-0.1, -0.05) is 84.9 Å². The van der Waals surface area contributed by atoms with Crippen molar-refractivity contribution in [2.75, 3.05) is 4.90 Å². The lowest BCUT2D eigenvalue weighted by Crippen LogP contribution is -2.10. The third kappa shape index (κ3) is 5.07. The quantitative estimate of drug-likeness (QED) is 0.169. The molecule has 0 aliphatic carbocycles. The van der Waals surface area contributed by atoms with Gasteiger partial charge in [0.05, 0.1) is 16.7 Å². The molecule has 0 saturated carbocycles. The van der Waals surface area contributed by atoms with E-state index in [1.807, 2.05) is 67.0 Å². The zero-order valence-corrected chi connectivity index (χ0v) is 28.1. The van der Waals surface area contributed by atoms with Crippen molar-refractivity contribution in [1.82, 2.24) is 9.55 Å². The van der Waals surface area contributed by atoms with Crippen molar-refractivity contribution in [3.63, 3.8) is 0 Å². The first-order valence-electron chi connectivity index (χ1n) is 17.4. The predicted molar refractivity (Wildman–Crippen MR) is 211 cm³/mol. The molecule has 3 heterocycles. The Hall–Kier alpha value is -7.11. The smallest absolute Gasteiger partial charge is 0.159 e. The van der Waals surface area contributed by atoms with E-state index in [9.17, 15) is 0 Å². The number of pyridine rings is 1. The van der Waals surface area contributed by atoms with Crippen LogP contribution in [0.15, 0.2) is 188 Å². The average Bonchev–Trinajstić information content (AvgIpc) is 3.56. The molecule has 246 valence electrons. The van der Waals surface area contributed by atoms with E-state index in [4.69, 9.17) is 9.47 Å². The summed E-state index contributed by atoms with van der Waals surface area (Å²) >= 11 is 0. The summed E-state index contributed by atoms with van der Waals surface area (Å²) < 4.78 is 15.2. The number of rotatable bonds is 7. The van der Waals surface area contributed by atoms with Crippen molar-refractivity contribution in [2.45, 2.75) is 0 Å². The van der Waals surface area contributed by atoms with Gasteiger partial charge in [-0.2, -0.15) is 0 Å². The Bertz CT molecular complexity index is 2700. The number of benzene rings is 7. The number of anilines is 3. The number of hydrogen-bond donors (Lipinski definition) is 0. The molecule has 0 unspecified atom stereocenters. The molecule has 0 atom stereocenters. The first-order chi connectivity index (χ1) is 25.8. The molecular formula is C47H31N3O2. The second-order valence-corrected chi connectivity index (χ2v) is 12.8. The molecule has 2 aromatic heterocycles. The standard InChI is InChI=1S/C47H31N3O2/c1-2-8-38(9-3-1)51-39-26-24-37(25-27-39)49(35-20-16-32(17-21-35)33-28-30-48-31-29-33)36-22-18-34(19-23-36)40-11-6-14-44-47(40)52-45-15-7-12-42-41-10-4-5-13-43(41)50(44)46(42)45/h1-31H. The molecule has 0 spiro atoms. The van der Waals surface area contributed by atoms with Crippen LogP contribution in [0.1, 0.15) is 0 Å². The highest BCUT2D eigenvalue weighted by Crippen LogP contribution is 2.49. The zero-order chi connectivity index (χ0) is 34.4. The summed E-state index contributed by atoms with van der Waals surface area (Å²) in [7, 11) is 0. The van der Waals surface area contributed by atoms with Crippen LogP contribution in [0.2, 0.25) is 0 Å². The van der Waals surface area contributed by atoms with Gasteiger partial charge in [-0.05, 0) is 108 Å². The summed E-state index contributed by atoms with van der Waals surface area (Å²) in [5.74, 6) is 3.31. The van der Waals surface area contributed by atoms with Crippen LogP contribution in [0.5, 0.6) is 23.0 Å². The van der Waals surface area contributed by atoms with Crippen LogP contribution in [0.25, 0.3) is 49.7 Å². The van der Waals surface area contributed by atoms with Crippen LogP contribution in [-0.2, 0) is 0 Å². The maximum atomic E-state index is 6.74. The molecule has 7 aromatic carbocycles. The van der Waals surface area contributed by atoms with Gasteiger partial charge in [0.1, 0.15) is 11.5 Å². The molecule has 0 bridgehead atoms. The summed E-state index contributed by atoms with van der Waals surface area (Å²) in [5.41, 5.74) is 10.8.